The molecule has 3 heterocycles. The lowest BCUT2D eigenvalue weighted by molar-refractivity contribution is -0.119. The summed E-state index contributed by atoms with van der Waals surface area (Å²) in [6.07, 6.45) is 3.76. The standard InChI is InChI=1S/C32H37Cl2FN4O2/c1-21-5-10-39(20-31(21)35)32-4-3-29(18-37-32)41-30-12-24(11-25(15-30)26-13-27(33)16-28(34)14-26)19-38-8-6-23(7-9-38)17-36-22(2)40/h3-4,11-16,18,21,23,31H,5-10,17,19-20H2,1-2H3,(H,36,40)/t21-,31+/m1/s1. The first-order valence-corrected chi connectivity index (χ1v) is 15.1. The second-order valence-corrected chi connectivity index (χ2v) is 12.2. The molecule has 0 spiro atoms. The Kier molecular flexibility index (Phi) is 9.68. The number of likely N-dealkylation sites (tertiary alicyclic amines) is 1. The minimum Gasteiger partial charge on any atom is -0.456 e. The number of nitrogens with zero attached hydrogens (tertiary/aromatic N) is 3. The molecule has 0 saturated carbocycles. The van der Waals surface area contributed by atoms with Crippen LogP contribution in [0.25, 0.3) is 11.1 Å². The highest BCUT2D eigenvalue weighted by Crippen LogP contribution is 2.34. The van der Waals surface area contributed by atoms with Crippen LogP contribution >= 0.6 is 23.2 Å². The number of amides is 1. The number of carbonyl (C=O) groups excluding carboxylic acids is 1. The summed E-state index contributed by atoms with van der Waals surface area (Å²) in [7, 11) is 0. The molecule has 1 aromatic heterocycles. The van der Waals surface area contributed by atoms with E-state index in [1.165, 1.54) is 0 Å². The first-order valence-electron chi connectivity index (χ1n) is 14.3. The topological polar surface area (TPSA) is 57.7 Å². The van der Waals surface area contributed by atoms with E-state index in [0.717, 1.165) is 74.5 Å². The quantitative estimate of drug-likeness (QED) is 0.293. The molecule has 218 valence electrons. The first-order chi connectivity index (χ1) is 19.7. The number of carbonyl (C=O) groups is 1. The fraction of sp³-hybridized carbons (Fsp3) is 0.438. The van der Waals surface area contributed by atoms with Gasteiger partial charge in [0.1, 0.15) is 23.5 Å². The van der Waals surface area contributed by atoms with Crippen molar-refractivity contribution >= 4 is 34.9 Å². The Balaban J connectivity index is 1.33. The van der Waals surface area contributed by atoms with Crippen molar-refractivity contribution in [1.82, 2.24) is 15.2 Å². The van der Waals surface area contributed by atoms with E-state index in [0.29, 0.717) is 34.0 Å². The molecule has 0 bridgehead atoms. The van der Waals surface area contributed by atoms with Crippen molar-refractivity contribution in [3.8, 4) is 22.6 Å². The van der Waals surface area contributed by atoms with Crippen molar-refractivity contribution in [2.75, 3.05) is 37.6 Å². The van der Waals surface area contributed by atoms with Gasteiger partial charge in [0.15, 0.2) is 0 Å². The summed E-state index contributed by atoms with van der Waals surface area (Å²) in [6.45, 7) is 8.14. The maximum atomic E-state index is 14.3. The van der Waals surface area contributed by atoms with Crippen LogP contribution in [-0.2, 0) is 11.3 Å². The molecule has 9 heteroatoms. The zero-order chi connectivity index (χ0) is 28.9. The average Bonchev–Trinajstić information content (AvgIpc) is 2.94. The normalized spacial score (nSPS) is 20.2. The van der Waals surface area contributed by atoms with Gasteiger partial charge in [-0.2, -0.15) is 0 Å². The summed E-state index contributed by atoms with van der Waals surface area (Å²) in [5.74, 6) is 2.68. The van der Waals surface area contributed by atoms with Crippen molar-refractivity contribution in [1.29, 1.82) is 0 Å². The number of alkyl halides is 1. The number of nitrogens with one attached hydrogen (secondary N) is 1. The maximum absolute atomic E-state index is 14.3. The number of aromatic nitrogens is 1. The van der Waals surface area contributed by atoms with Gasteiger partial charge in [0.05, 0.1) is 12.7 Å². The van der Waals surface area contributed by atoms with Crippen molar-refractivity contribution in [3.05, 3.63) is 70.3 Å². The molecule has 2 atom stereocenters. The Morgan fingerprint density at radius 1 is 1.00 bits per heavy atom. The fourth-order valence-corrected chi connectivity index (χ4v) is 6.11. The SMILES string of the molecule is CC(=O)NCC1CCN(Cc2cc(Oc3ccc(N4CC[C@@H](C)[C@@H](F)C4)nc3)cc(-c3cc(Cl)cc(Cl)c3)c2)CC1. The average molecular weight is 600 g/mol. The molecular formula is C32H37Cl2FN4O2. The van der Waals surface area contributed by atoms with Crippen LogP contribution in [0, 0.1) is 11.8 Å². The molecule has 3 aromatic rings. The van der Waals surface area contributed by atoms with Gasteiger partial charge in [0, 0.05) is 36.6 Å². The molecule has 2 aliphatic rings. The fourth-order valence-electron chi connectivity index (χ4n) is 5.58. The highest BCUT2D eigenvalue weighted by molar-refractivity contribution is 6.35. The lowest BCUT2D eigenvalue weighted by Crippen LogP contribution is -2.41. The summed E-state index contributed by atoms with van der Waals surface area (Å²) in [6, 6.07) is 15.5. The Bertz CT molecular complexity index is 1330. The molecule has 0 aliphatic carbocycles. The number of anilines is 1. The second kappa shape index (κ2) is 13.4. The minimum absolute atomic E-state index is 0.0252. The van der Waals surface area contributed by atoms with Crippen molar-refractivity contribution in [2.24, 2.45) is 11.8 Å². The van der Waals surface area contributed by atoms with Crippen LogP contribution in [0.1, 0.15) is 38.7 Å². The molecule has 0 unspecified atom stereocenters. The van der Waals surface area contributed by atoms with Crippen LogP contribution in [-0.4, -0.2) is 54.7 Å². The van der Waals surface area contributed by atoms with E-state index in [2.05, 4.69) is 27.3 Å². The number of hydrogen-bond acceptors (Lipinski definition) is 5. The Morgan fingerprint density at radius 3 is 2.39 bits per heavy atom. The van der Waals surface area contributed by atoms with Crippen LogP contribution < -0.4 is 15.0 Å². The lowest BCUT2D eigenvalue weighted by Gasteiger charge is -2.33. The largest absolute Gasteiger partial charge is 0.456 e. The van der Waals surface area contributed by atoms with E-state index in [4.69, 9.17) is 27.9 Å². The number of rotatable bonds is 8. The third-order valence-electron chi connectivity index (χ3n) is 8.06. The van der Waals surface area contributed by atoms with Gasteiger partial charge in [0.2, 0.25) is 5.91 Å². The Labute approximate surface area is 251 Å². The Hall–Kier alpha value is -2.87. The predicted molar refractivity (Wildman–Crippen MR) is 164 cm³/mol. The summed E-state index contributed by atoms with van der Waals surface area (Å²) in [4.78, 5) is 20.3. The van der Waals surface area contributed by atoms with Crippen LogP contribution in [0.3, 0.4) is 0 Å². The highest BCUT2D eigenvalue weighted by Gasteiger charge is 2.26. The minimum atomic E-state index is -0.842. The zero-order valence-electron chi connectivity index (χ0n) is 23.6. The summed E-state index contributed by atoms with van der Waals surface area (Å²) in [5.41, 5.74) is 3.00. The maximum Gasteiger partial charge on any atom is 0.216 e. The van der Waals surface area contributed by atoms with Crippen molar-refractivity contribution < 1.29 is 13.9 Å². The van der Waals surface area contributed by atoms with Crippen molar-refractivity contribution in [2.45, 2.75) is 45.8 Å². The number of hydrogen-bond donors (Lipinski definition) is 1. The van der Waals surface area contributed by atoms with E-state index in [9.17, 15) is 9.18 Å². The number of benzene rings is 2. The molecule has 6 nitrogen and oxygen atoms in total. The predicted octanol–water partition coefficient (Wildman–Crippen LogP) is 7.38. The molecule has 2 saturated heterocycles. The molecule has 5 rings (SSSR count). The van der Waals surface area contributed by atoms with Gasteiger partial charge in [-0.1, -0.05) is 30.1 Å². The molecule has 41 heavy (non-hydrogen) atoms. The zero-order valence-corrected chi connectivity index (χ0v) is 25.1. The molecule has 2 aromatic carbocycles. The molecule has 0 radical (unpaired) electrons. The van der Waals surface area contributed by atoms with E-state index < -0.39 is 6.17 Å². The summed E-state index contributed by atoms with van der Waals surface area (Å²) >= 11 is 12.7. The van der Waals surface area contributed by atoms with Gasteiger partial charge in [-0.25, -0.2) is 9.37 Å². The van der Waals surface area contributed by atoms with Gasteiger partial charge >= 0.3 is 0 Å². The van der Waals surface area contributed by atoms with Gasteiger partial charge in [-0.05, 0) is 109 Å². The molecule has 2 fully saturated rings. The third kappa shape index (κ3) is 8.12. The highest BCUT2D eigenvalue weighted by atomic mass is 35.5. The van der Waals surface area contributed by atoms with E-state index in [1.54, 1.807) is 19.2 Å². The van der Waals surface area contributed by atoms with Crippen molar-refractivity contribution in [3.63, 3.8) is 0 Å². The van der Waals surface area contributed by atoms with Gasteiger partial charge < -0.3 is 15.0 Å². The smallest absolute Gasteiger partial charge is 0.216 e. The van der Waals surface area contributed by atoms with Crippen LogP contribution in [0.15, 0.2) is 54.7 Å². The third-order valence-corrected chi connectivity index (χ3v) is 8.50. The first kappa shape index (κ1) is 29.6. The van der Waals surface area contributed by atoms with Gasteiger partial charge in [0.25, 0.3) is 0 Å². The summed E-state index contributed by atoms with van der Waals surface area (Å²) < 4.78 is 20.6. The molecule has 1 N–H and O–H groups in total. The van der Waals surface area contributed by atoms with E-state index >= 15 is 0 Å². The Morgan fingerprint density at radius 2 is 1.73 bits per heavy atom. The lowest BCUT2D eigenvalue weighted by atomic mass is 9.96. The monoisotopic (exact) mass is 598 g/mol. The number of halogens is 3. The number of pyridine rings is 1. The molecular weight excluding hydrogens is 562 g/mol. The molecule has 2 aliphatic heterocycles. The second-order valence-electron chi connectivity index (χ2n) is 11.4. The number of ether oxygens (including phenoxy) is 1. The van der Waals surface area contributed by atoms with Crippen LogP contribution in [0.4, 0.5) is 10.2 Å². The summed E-state index contributed by atoms with van der Waals surface area (Å²) in [5, 5.41) is 4.10. The molecule has 1 amide bonds. The van der Waals surface area contributed by atoms with E-state index in [1.807, 2.05) is 42.2 Å². The van der Waals surface area contributed by atoms with Crippen LogP contribution in [0.2, 0.25) is 10.0 Å². The van der Waals surface area contributed by atoms with Gasteiger partial charge in [-0.3, -0.25) is 9.69 Å². The van der Waals surface area contributed by atoms with Gasteiger partial charge in [-0.15, -0.1) is 0 Å². The van der Waals surface area contributed by atoms with E-state index in [-0.39, 0.29) is 11.8 Å². The van der Waals surface area contributed by atoms with Crippen LogP contribution in [0.5, 0.6) is 11.5 Å². The number of piperidine rings is 2.